The summed E-state index contributed by atoms with van der Waals surface area (Å²) in [5, 5.41) is 21.0. The second-order valence-electron chi connectivity index (χ2n) is 5.78. The molecule has 1 unspecified atom stereocenters. The van der Waals surface area contributed by atoms with Crippen LogP contribution in [-0.4, -0.2) is 21.9 Å². The highest BCUT2D eigenvalue weighted by molar-refractivity contribution is 5.59. The zero-order chi connectivity index (χ0) is 17.5. The van der Waals surface area contributed by atoms with E-state index >= 15 is 0 Å². The molecule has 0 amide bonds. The van der Waals surface area contributed by atoms with Gasteiger partial charge in [0.2, 0.25) is 0 Å². The SMILES string of the molecule is OCCCC(Nc1ccc(-c2ccc(F)cc2)nn1)c1ccccc1. The van der Waals surface area contributed by atoms with Crippen molar-refractivity contribution in [1.82, 2.24) is 10.2 Å². The zero-order valence-corrected chi connectivity index (χ0v) is 13.8. The van der Waals surface area contributed by atoms with Gasteiger partial charge in [0.15, 0.2) is 0 Å². The van der Waals surface area contributed by atoms with Gasteiger partial charge in [0.05, 0.1) is 11.7 Å². The Morgan fingerprint density at radius 2 is 1.68 bits per heavy atom. The first-order valence-corrected chi connectivity index (χ1v) is 8.28. The number of aromatic nitrogens is 2. The minimum Gasteiger partial charge on any atom is -0.396 e. The number of halogens is 1. The quantitative estimate of drug-likeness (QED) is 0.678. The van der Waals surface area contributed by atoms with Crippen LogP contribution < -0.4 is 5.32 Å². The number of hydrogen-bond acceptors (Lipinski definition) is 4. The molecule has 2 aromatic carbocycles. The highest BCUT2D eigenvalue weighted by atomic mass is 19.1. The van der Waals surface area contributed by atoms with Gasteiger partial charge in [-0.05, 0) is 54.8 Å². The minimum absolute atomic E-state index is 0.0549. The topological polar surface area (TPSA) is 58.0 Å². The molecule has 0 radical (unpaired) electrons. The van der Waals surface area contributed by atoms with E-state index in [2.05, 4.69) is 27.6 Å². The van der Waals surface area contributed by atoms with Crippen molar-refractivity contribution in [3.05, 3.63) is 78.1 Å². The summed E-state index contributed by atoms with van der Waals surface area (Å²) < 4.78 is 13.0. The van der Waals surface area contributed by atoms with Crippen LogP contribution in [0.3, 0.4) is 0 Å². The van der Waals surface area contributed by atoms with Crippen LogP contribution >= 0.6 is 0 Å². The highest BCUT2D eigenvalue weighted by Gasteiger charge is 2.12. The van der Waals surface area contributed by atoms with Crippen LogP contribution in [0.4, 0.5) is 10.2 Å². The van der Waals surface area contributed by atoms with Gasteiger partial charge in [-0.3, -0.25) is 0 Å². The maximum atomic E-state index is 13.0. The molecule has 0 bridgehead atoms. The molecule has 128 valence electrons. The highest BCUT2D eigenvalue weighted by Crippen LogP contribution is 2.24. The lowest BCUT2D eigenvalue weighted by Gasteiger charge is -2.19. The molecule has 0 saturated heterocycles. The van der Waals surface area contributed by atoms with Crippen molar-refractivity contribution in [2.75, 3.05) is 11.9 Å². The molecule has 25 heavy (non-hydrogen) atoms. The molecule has 0 fully saturated rings. The van der Waals surface area contributed by atoms with Crippen molar-refractivity contribution >= 4 is 5.82 Å². The maximum Gasteiger partial charge on any atom is 0.149 e. The van der Waals surface area contributed by atoms with Gasteiger partial charge in [-0.25, -0.2) is 4.39 Å². The largest absolute Gasteiger partial charge is 0.396 e. The molecule has 1 atom stereocenters. The van der Waals surface area contributed by atoms with Crippen molar-refractivity contribution in [3.8, 4) is 11.3 Å². The standard InChI is InChI=1S/C20H20FN3O/c21-17-10-8-16(9-11-17)19-12-13-20(24-23-19)22-18(7-4-14-25)15-5-2-1-3-6-15/h1-3,5-6,8-13,18,25H,4,7,14H2,(H,22,24). The monoisotopic (exact) mass is 337 g/mol. The molecule has 2 N–H and O–H groups in total. The Morgan fingerprint density at radius 3 is 2.32 bits per heavy atom. The van der Waals surface area contributed by atoms with Crippen LogP contribution in [0.1, 0.15) is 24.4 Å². The third kappa shape index (κ3) is 4.61. The Bertz CT molecular complexity index is 776. The average molecular weight is 337 g/mol. The van der Waals surface area contributed by atoms with Crippen molar-refractivity contribution in [1.29, 1.82) is 0 Å². The van der Waals surface area contributed by atoms with Crippen LogP contribution in [-0.2, 0) is 0 Å². The van der Waals surface area contributed by atoms with Gasteiger partial charge >= 0.3 is 0 Å². The molecule has 3 aromatic rings. The summed E-state index contributed by atoms with van der Waals surface area (Å²) in [6, 6.07) is 20.0. The maximum absolute atomic E-state index is 13.0. The van der Waals surface area contributed by atoms with Crippen LogP contribution in [0.5, 0.6) is 0 Å². The summed E-state index contributed by atoms with van der Waals surface area (Å²) in [6.07, 6.45) is 1.50. The number of aliphatic hydroxyl groups is 1. The molecule has 0 aliphatic carbocycles. The van der Waals surface area contributed by atoms with Crippen molar-refractivity contribution in [2.45, 2.75) is 18.9 Å². The first kappa shape index (κ1) is 17.0. The Hall–Kier alpha value is -2.79. The first-order chi connectivity index (χ1) is 12.3. The number of aliphatic hydroxyl groups excluding tert-OH is 1. The fraction of sp³-hybridized carbons (Fsp3) is 0.200. The summed E-state index contributed by atoms with van der Waals surface area (Å²) in [6.45, 7) is 0.153. The van der Waals surface area contributed by atoms with E-state index in [1.165, 1.54) is 12.1 Å². The van der Waals surface area contributed by atoms with Gasteiger partial charge in [-0.15, -0.1) is 10.2 Å². The van der Waals surface area contributed by atoms with E-state index in [-0.39, 0.29) is 18.5 Å². The summed E-state index contributed by atoms with van der Waals surface area (Å²) in [4.78, 5) is 0. The Balaban J connectivity index is 1.75. The zero-order valence-electron chi connectivity index (χ0n) is 13.8. The predicted molar refractivity (Wildman–Crippen MR) is 96.6 cm³/mol. The third-order valence-corrected chi connectivity index (χ3v) is 3.98. The second-order valence-corrected chi connectivity index (χ2v) is 5.78. The molecule has 0 aliphatic rings. The lowest BCUT2D eigenvalue weighted by atomic mass is 10.0. The van der Waals surface area contributed by atoms with E-state index in [1.54, 1.807) is 12.1 Å². The van der Waals surface area contributed by atoms with Crippen LogP contribution in [0.25, 0.3) is 11.3 Å². The van der Waals surface area contributed by atoms with E-state index in [0.29, 0.717) is 17.9 Å². The Morgan fingerprint density at radius 1 is 0.920 bits per heavy atom. The molecule has 3 rings (SSSR count). The van der Waals surface area contributed by atoms with E-state index in [9.17, 15) is 4.39 Å². The summed E-state index contributed by atoms with van der Waals surface area (Å²) >= 11 is 0. The first-order valence-electron chi connectivity index (χ1n) is 8.28. The number of nitrogens with zero attached hydrogens (tertiary/aromatic N) is 2. The van der Waals surface area contributed by atoms with E-state index in [1.807, 2.05) is 30.3 Å². The summed E-state index contributed by atoms with van der Waals surface area (Å²) in [7, 11) is 0. The molecular formula is C20H20FN3O. The summed E-state index contributed by atoms with van der Waals surface area (Å²) in [5.41, 5.74) is 2.65. The van der Waals surface area contributed by atoms with Gasteiger partial charge in [-0.2, -0.15) is 0 Å². The smallest absolute Gasteiger partial charge is 0.149 e. The Labute approximate surface area is 146 Å². The number of benzene rings is 2. The van der Waals surface area contributed by atoms with Crippen molar-refractivity contribution in [3.63, 3.8) is 0 Å². The van der Waals surface area contributed by atoms with Gasteiger partial charge in [0, 0.05) is 12.2 Å². The molecule has 5 heteroatoms. The molecule has 4 nitrogen and oxygen atoms in total. The molecular weight excluding hydrogens is 317 g/mol. The fourth-order valence-corrected chi connectivity index (χ4v) is 2.67. The van der Waals surface area contributed by atoms with Crippen molar-refractivity contribution in [2.24, 2.45) is 0 Å². The van der Waals surface area contributed by atoms with Gasteiger partial charge in [0.1, 0.15) is 11.6 Å². The second kappa shape index (κ2) is 8.35. The molecule has 1 aromatic heterocycles. The van der Waals surface area contributed by atoms with E-state index < -0.39 is 0 Å². The number of hydrogen-bond donors (Lipinski definition) is 2. The van der Waals surface area contributed by atoms with Crippen LogP contribution in [0.2, 0.25) is 0 Å². The minimum atomic E-state index is -0.274. The Kier molecular flexibility index (Phi) is 5.69. The lowest BCUT2D eigenvalue weighted by Crippen LogP contribution is -2.13. The lowest BCUT2D eigenvalue weighted by molar-refractivity contribution is 0.281. The van der Waals surface area contributed by atoms with Gasteiger partial charge in [-0.1, -0.05) is 30.3 Å². The van der Waals surface area contributed by atoms with Crippen LogP contribution in [0.15, 0.2) is 66.7 Å². The molecule has 1 heterocycles. The van der Waals surface area contributed by atoms with Gasteiger partial charge in [0.25, 0.3) is 0 Å². The normalized spacial score (nSPS) is 11.9. The summed E-state index contributed by atoms with van der Waals surface area (Å²) in [5.74, 6) is 0.391. The predicted octanol–water partition coefficient (Wildman–Crippen LogP) is 4.21. The fourth-order valence-electron chi connectivity index (χ4n) is 2.67. The van der Waals surface area contributed by atoms with E-state index in [0.717, 1.165) is 17.5 Å². The number of nitrogens with one attached hydrogen (secondary N) is 1. The third-order valence-electron chi connectivity index (χ3n) is 3.98. The molecule has 0 saturated carbocycles. The number of rotatable bonds is 7. The van der Waals surface area contributed by atoms with Gasteiger partial charge < -0.3 is 10.4 Å². The average Bonchev–Trinajstić information content (AvgIpc) is 2.67. The number of anilines is 1. The van der Waals surface area contributed by atoms with E-state index in [4.69, 9.17) is 5.11 Å². The van der Waals surface area contributed by atoms with Crippen LogP contribution in [0, 0.1) is 5.82 Å². The van der Waals surface area contributed by atoms with Crippen molar-refractivity contribution < 1.29 is 9.50 Å². The molecule has 0 aliphatic heterocycles. The molecule has 0 spiro atoms.